The van der Waals surface area contributed by atoms with Crippen LogP contribution in [-0.4, -0.2) is 38.7 Å². The molecule has 0 unspecified atom stereocenters. The minimum absolute atomic E-state index is 0.213. The fourth-order valence-electron chi connectivity index (χ4n) is 2.73. The first-order valence-electron chi connectivity index (χ1n) is 9.12. The van der Waals surface area contributed by atoms with Gasteiger partial charge in [0.05, 0.1) is 23.5 Å². The lowest BCUT2D eigenvalue weighted by Gasteiger charge is -2.15. The summed E-state index contributed by atoms with van der Waals surface area (Å²) >= 11 is 5.75. The van der Waals surface area contributed by atoms with Gasteiger partial charge in [0, 0.05) is 17.6 Å². The van der Waals surface area contributed by atoms with Crippen molar-refractivity contribution < 1.29 is 22.8 Å². The maximum absolute atomic E-state index is 13.0. The number of carbonyl (C=O) groups excluding carboxylic acids is 2. The van der Waals surface area contributed by atoms with Gasteiger partial charge in [-0.25, -0.2) is 14.8 Å². The maximum atomic E-state index is 13.0. The van der Waals surface area contributed by atoms with Gasteiger partial charge in [0.1, 0.15) is 6.33 Å². The van der Waals surface area contributed by atoms with Crippen molar-refractivity contribution >= 4 is 29.2 Å². The molecule has 0 spiro atoms. The number of nitrogens with zero attached hydrogens (tertiary/aromatic N) is 4. The molecule has 1 atom stereocenters. The topological polar surface area (TPSA) is 114 Å². The van der Waals surface area contributed by atoms with Crippen LogP contribution in [0.2, 0.25) is 5.02 Å². The largest absolute Gasteiger partial charge is 0.416 e. The van der Waals surface area contributed by atoms with E-state index in [0.717, 1.165) is 18.2 Å². The number of amides is 3. The van der Waals surface area contributed by atoms with E-state index in [4.69, 9.17) is 11.6 Å². The third-order valence-electron chi connectivity index (χ3n) is 4.25. The van der Waals surface area contributed by atoms with Crippen molar-refractivity contribution in [2.75, 3.05) is 12.4 Å². The molecule has 3 aromatic rings. The Morgan fingerprint density at radius 1 is 1.16 bits per heavy atom. The fraction of sp³-hybridized carbons (Fsp3) is 0.211. The Morgan fingerprint density at radius 2 is 1.91 bits per heavy atom. The standard InChI is InChI=1S/C19H17ClF3N7O2/c1-10(28-17(31)11-5-12(19(21,22)23)7-13(20)6-11)16-26-9-27-30(16)15-4-3-14(8-25-15)29-18(32)24-2/h3-10H,1-2H3,(H,28,31)(H2,24,29,32)/t10-/m0/s1. The van der Waals surface area contributed by atoms with E-state index in [1.54, 1.807) is 19.1 Å². The third kappa shape index (κ3) is 5.32. The Kier molecular flexibility index (Phi) is 6.63. The van der Waals surface area contributed by atoms with Crippen molar-refractivity contribution in [3.05, 3.63) is 64.8 Å². The molecule has 168 valence electrons. The second kappa shape index (κ2) is 9.22. The Balaban J connectivity index is 1.79. The molecular weight excluding hydrogens is 451 g/mol. The van der Waals surface area contributed by atoms with Gasteiger partial charge in [-0.05, 0) is 37.3 Å². The van der Waals surface area contributed by atoms with Crippen molar-refractivity contribution in [3.63, 3.8) is 0 Å². The van der Waals surface area contributed by atoms with Crippen LogP contribution in [0.25, 0.3) is 5.82 Å². The van der Waals surface area contributed by atoms with Gasteiger partial charge < -0.3 is 16.0 Å². The van der Waals surface area contributed by atoms with Gasteiger partial charge in [-0.3, -0.25) is 4.79 Å². The van der Waals surface area contributed by atoms with Crippen LogP contribution < -0.4 is 16.0 Å². The average Bonchev–Trinajstić information content (AvgIpc) is 3.23. The molecule has 0 fully saturated rings. The number of pyridine rings is 1. The monoisotopic (exact) mass is 467 g/mol. The molecule has 0 aliphatic carbocycles. The highest BCUT2D eigenvalue weighted by molar-refractivity contribution is 6.31. The lowest BCUT2D eigenvalue weighted by atomic mass is 10.1. The number of urea groups is 1. The average molecular weight is 468 g/mol. The number of hydrogen-bond acceptors (Lipinski definition) is 5. The highest BCUT2D eigenvalue weighted by atomic mass is 35.5. The van der Waals surface area contributed by atoms with Crippen LogP contribution in [-0.2, 0) is 6.18 Å². The summed E-state index contributed by atoms with van der Waals surface area (Å²) in [5.74, 6) is -0.128. The summed E-state index contributed by atoms with van der Waals surface area (Å²) < 4.78 is 40.4. The van der Waals surface area contributed by atoms with Crippen LogP contribution in [0.3, 0.4) is 0 Å². The molecule has 1 aromatic carbocycles. The molecule has 2 aromatic heterocycles. The van der Waals surface area contributed by atoms with E-state index in [9.17, 15) is 22.8 Å². The van der Waals surface area contributed by atoms with Gasteiger partial charge >= 0.3 is 12.2 Å². The number of rotatable bonds is 5. The summed E-state index contributed by atoms with van der Waals surface area (Å²) in [6.45, 7) is 1.59. The van der Waals surface area contributed by atoms with Crippen LogP contribution in [0.5, 0.6) is 0 Å². The summed E-state index contributed by atoms with van der Waals surface area (Å²) in [4.78, 5) is 32.2. The fourth-order valence-corrected chi connectivity index (χ4v) is 2.97. The molecule has 13 heteroatoms. The number of hydrogen-bond donors (Lipinski definition) is 3. The molecule has 0 saturated carbocycles. The van der Waals surface area contributed by atoms with E-state index in [0.29, 0.717) is 11.5 Å². The Morgan fingerprint density at radius 3 is 2.53 bits per heavy atom. The van der Waals surface area contributed by atoms with Gasteiger partial charge in [-0.2, -0.15) is 23.0 Å². The first-order chi connectivity index (χ1) is 15.1. The first-order valence-corrected chi connectivity index (χ1v) is 9.50. The predicted octanol–water partition coefficient (Wildman–Crippen LogP) is 3.58. The molecule has 3 amide bonds. The highest BCUT2D eigenvalue weighted by Crippen LogP contribution is 2.32. The summed E-state index contributed by atoms with van der Waals surface area (Å²) in [7, 11) is 1.47. The number of alkyl halides is 3. The van der Waals surface area contributed by atoms with Crippen LogP contribution in [0.4, 0.5) is 23.7 Å². The van der Waals surface area contributed by atoms with Crippen molar-refractivity contribution in [1.82, 2.24) is 30.4 Å². The van der Waals surface area contributed by atoms with Crippen LogP contribution >= 0.6 is 11.6 Å². The first kappa shape index (κ1) is 23.0. The molecule has 3 N–H and O–H groups in total. The van der Waals surface area contributed by atoms with E-state index in [2.05, 4.69) is 31.0 Å². The smallest absolute Gasteiger partial charge is 0.342 e. The lowest BCUT2D eigenvalue weighted by molar-refractivity contribution is -0.137. The highest BCUT2D eigenvalue weighted by Gasteiger charge is 2.32. The summed E-state index contributed by atoms with van der Waals surface area (Å²) in [6.07, 6.45) is -1.99. The van der Waals surface area contributed by atoms with E-state index in [1.807, 2.05) is 0 Å². The second-order valence-corrected chi connectivity index (χ2v) is 7.00. The van der Waals surface area contributed by atoms with Crippen LogP contribution in [0.15, 0.2) is 42.9 Å². The number of benzene rings is 1. The molecule has 0 aliphatic heterocycles. The van der Waals surface area contributed by atoms with Gasteiger partial charge in [0.25, 0.3) is 5.91 Å². The summed E-state index contributed by atoms with van der Waals surface area (Å²) in [5, 5.41) is 11.4. The van der Waals surface area contributed by atoms with Gasteiger partial charge in [-0.1, -0.05) is 11.6 Å². The normalized spacial score (nSPS) is 12.2. The van der Waals surface area contributed by atoms with E-state index < -0.39 is 29.7 Å². The minimum atomic E-state index is -4.64. The SMILES string of the molecule is CNC(=O)Nc1ccc(-n2ncnc2[C@H](C)NC(=O)c2cc(Cl)cc(C(F)(F)F)c2)nc1. The number of aromatic nitrogens is 4. The predicted molar refractivity (Wildman–Crippen MR) is 110 cm³/mol. The molecule has 3 rings (SSSR count). The summed E-state index contributed by atoms with van der Waals surface area (Å²) in [5.41, 5.74) is -0.830. The van der Waals surface area contributed by atoms with E-state index in [-0.39, 0.29) is 16.4 Å². The molecule has 2 heterocycles. The van der Waals surface area contributed by atoms with Crippen molar-refractivity contribution in [3.8, 4) is 5.82 Å². The molecular formula is C19H17ClF3N7O2. The van der Waals surface area contributed by atoms with Crippen LogP contribution in [0.1, 0.15) is 34.7 Å². The minimum Gasteiger partial charge on any atom is -0.342 e. The maximum Gasteiger partial charge on any atom is 0.416 e. The third-order valence-corrected chi connectivity index (χ3v) is 4.46. The zero-order valence-electron chi connectivity index (χ0n) is 16.7. The summed E-state index contributed by atoms with van der Waals surface area (Å²) in [6, 6.07) is 4.63. The number of halogens is 4. The van der Waals surface area contributed by atoms with Crippen molar-refractivity contribution in [2.24, 2.45) is 0 Å². The molecule has 0 aliphatic rings. The van der Waals surface area contributed by atoms with Crippen molar-refractivity contribution in [2.45, 2.75) is 19.1 Å². The zero-order valence-corrected chi connectivity index (χ0v) is 17.5. The number of anilines is 1. The van der Waals surface area contributed by atoms with Gasteiger partial charge in [0.15, 0.2) is 11.6 Å². The Hall–Kier alpha value is -3.67. The van der Waals surface area contributed by atoms with Gasteiger partial charge in [0.2, 0.25) is 0 Å². The molecule has 0 saturated heterocycles. The Labute approximate surface area is 185 Å². The quantitative estimate of drug-likeness (QED) is 0.530. The lowest BCUT2D eigenvalue weighted by Crippen LogP contribution is -2.29. The number of nitrogens with one attached hydrogen (secondary N) is 3. The second-order valence-electron chi connectivity index (χ2n) is 6.56. The van der Waals surface area contributed by atoms with Crippen LogP contribution in [0, 0.1) is 0 Å². The zero-order chi connectivity index (χ0) is 23.5. The van der Waals surface area contributed by atoms with Crippen molar-refractivity contribution in [1.29, 1.82) is 0 Å². The molecule has 9 nitrogen and oxygen atoms in total. The molecule has 32 heavy (non-hydrogen) atoms. The molecule has 0 radical (unpaired) electrons. The Bertz CT molecular complexity index is 1130. The van der Waals surface area contributed by atoms with E-state index >= 15 is 0 Å². The molecule has 0 bridgehead atoms. The number of carbonyl (C=O) groups is 2. The van der Waals surface area contributed by atoms with E-state index in [1.165, 1.54) is 24.3 Å². The van der Waals surface area contributed by atoms with Gasteiger partial charge in [-0.15, -0.1) is 0 Å².